The molecule has 0 aliphatic rings. The van der Waals surface area contributed by atoms with Crippen LogP contribution in [0.25, 0.3) is 0 Å². The van der Waals surface area contributed by atoms with E-state index in [4.69, 9.17) is 36.5 Å². The second-order valence-electron chi connectivity index (χ2n) is 10.7. The number of nitrogens with two attached hydrogens (primary N) is 1. The lowest BCUT2D eigenvalue weighted by molar-refractivity contribution is -0.144. The number of carbonyl (C=O) groups is 1. The van der Waals surface area contributed by atoms with Gasteiger partial charge in [0.2, 0.25) is 0 Å². The van der Waals surface area contributed by atoms with E-state index in [9.17, 15) is 9.90 Å². The van der Waals surface area contributed by atoms with Crippen molar-refractivity contribution in [3.05, 3.63) is 23.8 Å². The molecule has 0 aliphatic carbocycles. The summed E-state index contributed by atoms with van der Waals surface area (Å²) in [5.74, 6) is 1.50. The summed E-state index contributed by atoms with van der Waals surface area (Å²) in [4.78, 5) is 12.7. The van der Waals surface area contributed by atoms with Gasteiger partial charge in [0.05, 0.1) is 26.4 Å². The molecule has 0 bridgehead atoms. The summed E-state index contributed by atoms with van der Waals surface area (Å²) in [5.41, 5.74) is 7.05. The van der Waals surface area contributed by atoms with E-state index >= 15 is 0 Å². The number of aliphatic hydroxyl groups excluding tert-OH is 1. The number of rotatable bonds is 16. The van der Waals surface area contributed by atoms with Crippen molar-refractivity contribution in [2.24, 2.45) is 23.0 Å². The number of hydrogen-bond donors (Lipinski definition) is 2. The highest BCUT2D eigenvalue weighted by molar-refractivity contribution is 6.21. The molecule has 1 aromatic rings. The standard InChI is InChI=1S/C27H47ClN2O6/c1-18(2)20(14-19-10-11-23(34-7)24(15-19)36-13-9-12-33-6)16-21(29)22(31)17-30(28)26(32)25(35-8)27(3,4)5/h10-11,15,18,20-22,25,31H,9,12-14,16-17,29H2,1-8H3/t20-,21-,22-,25-/m0/s1. The Morgan fingerprint density at radius 1 is 1.14 bits per heavy atom. The van der Waals surface area contributed by atoms with Crippen LogP contribution in [0.2, 0.25) is 0 Å². The lowest BCUT2D eigenvalue weighted by Crippen LogP contribution is -2.48. The van der Waals surface area contributed by atoms with Gasteiger partial charge in [0.25, 0.3) is 5.91 Å². The number of nitrogens with zero attached hydrogens (tertiary/aromatic N) is 1. The van der Waals surface area contributed by atoms with Gasteiger partial charge in [-0.1, -0.05) is 40.7 Å². The van der Waals surface area contributed by atoms with Gasteiger partial charge in [0.1, 0.15) is 6.10 Å². The monoisotopic (exact) mass is 530 g/mol. The molecule has 0 saturated heterocycles. The van der Waals surface area contributed by atoms with E-state index < -0.39 is 29.6 Å². The normalized spacial score (nSPS) is 15.3. The van der Waals surface area contributed by atoms with Crippen LogP contribution >= 0.6 is 11.8 Å². The second kappa shape index (κ2) is 15.6. The fourth-order valence-electron chi connectivity index (χ4n) is 4.09. The van der Waals surface area contributed by atoms with Crippen molar-refractivity contribution in [3.8, 4) is 11.5 Å². The van der Waals surface area contributed by atoms with Crippen LogP contribution in [0.5, 0.6) is 11.5 Å². The molecular weight excluding hydrogens is 484 g/mol. The van der Waals surface area contributed by atoms with Gasteiger partial charge in [0.15, 0.2) is 11.5 Å². The topological polar surface area (TPSA) is 103 Å². The largest absolute Gasteiger partial charge is 0.493 e. The number of benzene rings is 1. The number of amides is 1. The van der Waals surface area contributed by atoms with Crippen LogP contribution in [-0.2, 0) is 20.7 Å². The molecule has 0 aromatic heterocycles. The van der Waals surface area contributed by atoms with Crippen molar-refractivity contribution in [2.75, 3.05) is 41.1 Å². The summed E-state index contributed by atoms with van der Waals surface area (Å²) >= 11 is 6.24. The summed E-state index contributed by atoms with van der Waals surface area (Å²) in [6, 6.07) is 5.38. The Hall–Kier alpha value is -1.58. The third-order valence-electron chi connectivity index (χ3n) is 6.32. The maximum atomic E-state index is 12.7. The van der Waals surface area contributed by atoms with Crippen LogP contribution in [0.1, 0.15) is 53.0 Å². The molecule has 1 amide bonds. The zero-order valence-electron chi connectivity index (χ0n) is 23.3. The minimum atomic E-state index is -0.972. The number of methoxy groups -OCH3 is 3. The first kappa shape index (κ1) is 32.4. The first-order chi connectivity index (χ1) is 16.8. The minimum Gasteiger partial charge on any atom is -0.493 e. The molecule has 1 aromatic carbocycles. The minimum absolute atomic E-state index is 0.0791. The van der Waals surface area contributed by atoms with E-state index in [-0.39, 0.29) is 12.5 Å². The van der Waals surface area contributed by atoms with E-state index in [1.165, 1.54) is 7.11 Å². The Labute approximate surface area is 222 Å². The fourth-order valence-corrected chi connectivity index (χ4v) is 4.32. The summed E-state index contributed by atoms with van der Waals surface area (Å²) in [7, 11) is 4.76. The molecule has 9 heteroatoms. The Kier molecular flexibility index (Phi) is 14.1. The lowest BCUT2D eigenvalue weighted by Gasteiger charge is -2.32. The number of hydrogen-bond acceptors (Lipinski definition) is 7. The van der Waals surface area contributed by atoms with Crippen molar-refractivity contribution in [1.82, 2.24) is 4.42 Å². The van der Waals surface area contributed by atoms with Crippen molar-refractivity contribution in [2.45, 2.75) is 72.1 Å². The SMILES string of the molecule is COCCCOc1cc(C[C@@H](C[C@H](N)[C@@H](O)CN(Cl)C(=O)[C@H](OC)C(C)(C)C)C(C)C)ccc1OC. The highest BCUT2D eigenvalue weighted by Gasteiger charge is 2.35. The van der Waals surface area contributed by atoms with Gasteiger partial charge in [-0.2, -0.15) is 0 Å². The van der Waals surface area contributed by atoms with Crippen molar-refractivity contribution in [3.63, 3.8) is 0 Å². The van der Waals surface area contributed by atoms with Gasteiger partial charge in [-0.25, -0.2) is 4.42 Å². The highest BCUT2D eigenvalue weighted by atomic mass is 35.5. The van der Waals surface area contributed by atoms with Gasteiger partial charge >= 0.3 is 0 Å². The van der Waals surface area contributed by atoms with Crippen molar-refractivity contribution < 1.29 is 28.8 Å². The lowest BCUT2D eigenvalue weighted by atomic mass is 9.83. The highest BCUT2D eigenvalue weighted by Crippen LogP contribution is 2.31. The number of aliphatic hydroxyl groups is 1. The van der Waals surface area contributed by atoms with Crippen LogP contribution in [0.3, 0.4) is 0 Å². The molecule has 8 nitrogen and oxygen atoms in total. The van der Waals surface area contributed by atoms with Crippen molar-refractivity contribution in [1.29, 1.82) is 0 Å². The summed E-state index contributed by atoms with van der Waals surface area (Å²) in [6.07, 6.45) is 0.423. The maximum Gasteiger partial charge on any atom is 0.266 e. The third-order valence-corrected chi connectivity index (χ3v) is 6.63. The van der Waals surface area contributed by atoms with Gasteiger partial charge in [-0.05, 0) is 47.8 Å². The van der Waals surface area contributed by atoms with E-state index in [0.29, 0.717) is 37.1 Å². The molecule has 0 spiro atoms. The molecule has 1 rings (SSSR count). The van der Waals surface area contributed by atoms with Crippen molar-refractivity contribution >= 4 is 17.7 Å². The smallest absolute Gasteiger partial charge is 0.266 e. The summed E-state index contributed by atoms with van der Waals surface area (Å²) in [5, 5.41) is 10.8. The third kappa shape index (κ3) is 10.4. The van der Waals surface area contributed by atoms with Gasteiger partial charge < -0.3 is 29.8 Å². The molecule has 4 atom stereocenters. The zero-order chi connectivity index (χ0) is 27.5. The first-order valence-corrected chi connectivity index (χ1v) is 12.9. The Morgan fingerprint density at radius 3 is 2.33 bits per heavy atom. The van der Waals surface area contributed by atoms with Crippen LogP contribution < -0.4 is 15.2 Å². The van der Waals surface area contributed by atoms with E-state index in [2.05, 4.69) is 13.8 Å². The molecule has 0 aliphatic heterocycles. The van der Waals surface area contributed by atoms with Crippen LogP contribution in [0.4, 0.5) is 0 Å². The van der Waals surface area contributed by atoms with Gasteiger partial charge in [-0.3, -0.25) is 4.79 Å². The molecule has 0 saturated carbocycles. The maximum absolute atomic E-state index is 12.7. The quantitative estimate of drug-likeness (QED) is 0.245. The number of halogens is 1. The Balaban J connectivity index is 2.84. The second-order valence-corrected chi connectivity index (χ2v) is 11.1. The molecule has 36 heavy (non-hydrogen) atoms. The van der Waals surface area contributed by atoms with Gasteiger partial charge in [0, 0.05) is 45.1 Å². The first-order valence-electron chi connectivity index (χ1n) is 12.6. The molecule has 3 N–H and O–H groups in total. The Morgan fingerprint density at radius 2 is 1.81 bits per heavy atom. The molecule has 0 radical (unpaired) electrons. The summed E-state index contributed by atoms with van der Waals surface area (Å²) < 4.78 is 22.8. The summed E-state index contributed by atoms with van der Waals surface area (Å²) in [6.45, 7) is 11.1. The predicted molar refractivity (Wildman–Crippen MR) is 143 cm³/mol. The molecule has 0 unspecified atom stereocenters. The zero-order valence-corrected chi connectivity index (χ0v) is 24.0. The molecule has 208 valence electrons. The van der Waals surface area contributed by atoms with E-state index in [1.807, 2.05) is 39.0 Å². The Bertz CT molecular complexity index is 786. The van der Waals surface area contributed by atoms with E-state index in [1.54, 1.807) is 14.2 Å². The fraction of sp³-hybridized carbons (Fsp3) is 0.741. The number of carbonyl (C=O) groups excluding carboxylic acids is 1. The molecular formula is C27H47ClN2O6. The predicted octanol–water partition coefficient (Wildman–Crippen LogP) is 4.05. The molecule has 0 fully saturated rings. The van der Waals surface area contributed by atoms with Crippen LogP contribution in [0.15, 0.2) is 18.2 Å². The average molecular weight is 531 g/mol. The number of ether oxygens (including phenoxy) is 4. The average Bonchev–Trinajstić information content (AvgIpc) is 2.80. The van der Waals surface area contributed by atoms with E-state index in [0.717, 1.165) is 22.8 Å². The van der Waals surface area contributed by atoms with Crippen LogP contribution in [0, 0.1) is 17.3 Å². The van der Waals surface area contributed by atoms with Gasteiger partial charge in [-0.15, -0.1) is 0 Å². The molecule has 0 heterocycles. The van der Waals surface area contributed by atoms with Crippen LogP contribution in [-0.4, -0.2) is 74.8 Å².